The van der Waals surface area contributed by atoms with Crippen molar-refractivity contribution in [3.8, 4) is 5.75 Å². The minimum atomic E-state index is -0.293. The van der Waals surface area contributed by atoms with E-state index < -0.39 is 0 Å². The molecule has 0 radical (unpaired) electrons. The zero-order valence-corrected chi connectivity index (χ0v) is 11.7. The Labute approximate surface area is 114 Å². The number of methoxy groups -OCH3 is 1. The standard InChI is InChI=1S/C15H21NO3/c1-10-6-7-13(18-3)12(9-10)11(2)16-15(17)14-5-4-8-19-14/h6-7,9,11,14H,4-5,8H2,1-3H3,(H,16,17). The molecule has 1 amide bonds. The lowest BCUT2D eigenvalue weighted by Crippen LogP contribution is -2.35. The highest BCUT2D eigenvalue weighted by molar-refractivity contribution is 5.81. The molecule has 0 aromatic heterocycles. The summed E-state index contributed by atoms with van der Waals surface area (Å²) in [6.45, 7) is 4.67. The van der Waals surface area contributed by atoms with Gasteiger partial charge in [-0.3, -0.25) is 4.79 Å². The topological polar surface area (TPSA) is 47.6 Å². The Morgan fingerprint density at radius 2 is 2.32 bits per heavy atom. The fraction of sp³-hybridized carbons (Fsp3) is 0.533. The Balaban J connectivity index is 2.08. The quantitative estimate of drug-likeness (QED) is 0.907. The second-order valence-corrected chi connectivity index (χ2v) is 4.98. The number of rotatable bonds is 4. The molecule has 1 N–H and O–H groups in total. The van der Waals surface area contributed by atoms with Crippen molar-refractivity contribution < 1.29 is 14.3 Å². The van der Waals surface area contributed by atoms with Crippen LogP contribution in [-0.4, -0.2) is 25.7 Å². The Hall–Kier alpha value is -1.55. The van der Waals surface area contributed by atoms with Crippen LogP contribution in [-0.2, 0) is 9.53 Å². The highest BCUT2D eigenvalue weighted by atomic mass is 16.5. The first-order valence-electron chi connectivity index (χ1n) is 6.68. The van der Waals surface area contributed by atoms with E-state index in [0.717, 1.165) is 29.7 Å². The summed E-state index contributed by atoms with van der Waals surface area (Å²) in [6, 6.07) is 5.88. The van der Waals surface area contributed by atoms with Crippen LogP contribution in [0, 0.1) is 6.92 Å². The highest BCUT2D eigenvalue weighted by Gasteiger charge is 2.25. The molecule has 1 heterocycles. The molecule has 0 aliphatic carbocycles. The summed E-state index contributed by atoms with van der Waals surface area (Å²) >= 11 is 0. The second kappa shape index (κ2) is 6.06. The van der Waals surface area contributed by atoms with Gasteiger partial charge in [0.2, 0.25) is 5.91 Å². The van der Waals surface area contributed by atoms with E-state index in [1.807, 2.05) is 32.0 Å². The van der Waals surface area contributed by atoms with Crippen LogP contribution in [0.3, 0.4) is 0 Å². The third-order valence-corrected chi connectivity index (χ3v) is 3.43. The molecule has 19 heavy (non-hydrogen) atoms. The van der Waals surface area contributed by atoms with E-state index in [9.17, 15) is 4.79 Å². The predicted octanol–water partition coefficient (Wildman–Crippen LogP) is 2.36. The van der Waals surface area contributed by atoms with Gasteiger partial charge < -0.3 is 14.8 Å². The molecule has 2 rings (SSSR count). The molecule has 4 nitrogen and oxygen atoms in total. The monoisotopic (exact) mass is 263 g/mol. The van der Waals surface area contributed by atoms with Crippen LogP contribution in [0.1, 0.15) is 36.9 Å². The van der Waals surface area contributed by atoms with Crippen molar-refractivity contribution in [2.24, 2.45) is 0 Å². The van der Waals surface area contributed by atoms with Gasteiger partial charge in [0.05, 0.1) is 13.2 Å². The SMILES string of the molecule is COc1ccc(C)cc1C(C)NC(=O)C1CCCO1. The number of carbonyl (C=O) groups excluding carboxylic acids is 1. The van der Waals surface area contributed by atoms with Crippen molar-refractivity contribution in [3.05, 3.63) is 29.3 Å². The largest absolute Gasteiger partial charge is 0.496 e. The molecule has 2 atom stereocenters. The van der Waals surface area contributed by atoms with Crippen molar-refractivity contribution in [2.45, 2.75) is 38.8 Å². The Bertz CT molecular complexity index is 453. The third-order valence-electron chi connectivity index (χ3n) is 3.43. The molecule has 1 aromatic rings. The summed E-state index contributed by atoms with van der Waals surface area (Å²) in [4.78, 5) is 12.0. The van der Waals surface area contributed by atoms with Crippen LogP contribution in [0.5, 0.6) is 5.75 Å². The summed E-state index contributed by atoms with van der Waals surface area (Å²) in [5.74, 6) is 0.763. The lowest BCUT2D eigenvalue weighted by atomic mass is 10.0. The van der Waals surface area contributed by atoms with Crippen molar-refractivity contribution in [2.75, 3.05) is 13.7 Å². The number of hydrogen-bond acceptors (Lipinski definition) is 3. The van der Waals surface area contributed by atoms with Gasteiger partial charge in [-0.15, -0.1) is 0 Å². The highest BCUT2D eigenvalue weighted by Crippen LogP contribution is 2.26. The minimum Gasteiger partial charge on any atom is -0.496 e. The Kier molecular flexibility index (Phi) is 4.43. The first kappa shape index (κ1) is 13.9. The Morgan fingerprint density at radius 3 is 2.95 bits per heavy atom. The maximum atomic E-state index is 12.0. The van der Waals surface area contributed by atoms with E-state index in [1.165, 1.54) is 0 Å². The maximum absolute atomic E-state index is 12.0. The lowest BCUT2D eigenvalue weighted by Gasteiger charge is -2.19. The molecule has 2 unspecified atom stereocenters. The van der Waals surface area contributed by atoms with Gasteiger partial charge in [-0.25, -0.2) is 0 Å². The zero-order chi connectivity index (χ0) is 13.8. The molecule has 0 spiro atoms. The molecule has 1 fully saturated rings. The van der Waals surface area contributed by atoms with E-state index in [-0.39, 0.29) is 18.1 Å². The summed E-state index contributed by atoms with van der Waals surface area (Å²) < 4.78 is 10.7. The fourth-order valence-electron chi connectivity index (χ4n) is 2.36. The van der Waals surface area contributed by atoms with E-state index in [1.54, 1.807) is 7.11 Å². The lowest BCUT2D eigenvalue weighted by molar-refractivity contribution is -0.130. The Morgan fingerprint density at radius 1 is 1.53 bits per heavy atom. The van der Waals surface area contributed by atoms with Gasteiger partial charge in [-0.05, 0) is 32.8 Å². The van der Waals surface area contributed by atoms with E-state index in [2.05, 4.69) is 5.32 Å². The summed E-state index contributed by atoms with van der Waals surface area (Å²) in [7, 11) is 1.64. The van der Waals surface area contributed by atoms with Gasteiger partial charge in [0.25, 0.3) is 0 Å². The molecule has 0 bridgehead atoms. The molecule has 1 aromatic carbocycles. The maximum Gasteiger partial charge on any atom is 0.249 e. The molecular weight excluding hydrogens is 242 g/mol. The molecule has 1 saturated heterocycles. The average molecular weight is 263 g/mol. The second-order valence-electron chi connectivity index (χ2n) is 4.98. The van der Waals surface area contributed by atoms with Gasteiger partial charge in [0, 0.05) is 12.2 Å². The number of benzene rings is 1. The number of amides is 1. The molecule has 4 heteroatoms. The van der Waals surface area contributed by atoms with Gasteiger partial charge in [-0.2, -0.15) is 0 Å². The van der Waals surface area contributed by atoms with E-state index >= 15 is 0 Å². The van der Waals surface area contributed by atoms with Crippen LogP contribution in [0.2, 0.25) is 0 Å². The summed E-state index contributed by atoms with van der Waals surface area (Å²) in [6.07, 6.45) is 1.47. The average Bonchev–Trinajstić information content (AvgIpc) is 2.92. The van der Waals surface area contributed by atoms with Crippen molar-refractivity contribution >= 4 is 5.91 Å². The first-order valence-corrected chi connectivity index (χ1v) is 6.68. The first-order chi connectivity index (χ1) is 9.11. The normalized spacial score (nSPS) is 20.1. The number of carbonyl (C=O) groups is 1. The van der Waals surface area contributed by atoms with Crippen LogP contribution in [0.15, 0.2) is 18.2 Å². The van der Waals surface area contributed by atoms with Crippen LogP contribution < -0.4 is 10.1 Å². The predicted molar refractivity (Wildman–Crippen MR) is 73.3 cm³/mol. The third kappa shape index (κ3) is 3.26. The van der Waals surface area contributed by atoms with Crippen molar-refractivity contribution in [1.29, 1.82) is 0 Å². The number of nitrogens with one attached hydrogen (secondary N) is 1. The molecule has 1 aliphatic rings. The zero-order valence-electron chi connectivity index (χ0n) is 11.7. The number of hydrogen-bond donors (Lipinski definition) is 1. The van der Waals surface area contributed by atoms with Crippen LogP contribution >= 0.6 is 0 Å². The van der Waals surface area contributed by atoms with Crippen LogP contribution in [0.4, 0.5) is 0 Å². The molecule has 1 aliphatic heterocycles. The molecule has 104 valence electrons. The van der Waals surface area contributed by atoms with E-state index in [4.69, 9.17) is 9.47 Å². The van der Waals surface area contributed by atoms with Crippen molar-refractivity contribution in [3.63, 3.8) is 0 Å². The van der Waals surface area contributed by atoms with E-state index in [0.29, 0.717) is 6.61 Å². The fourth-order valence-corrected chi connectivity index (χ4v) is 2.36. The molecule has 0 saturated carbocycles. The summed E-state index contributed by atoms with van der Waals surface area (Å²) in [5.41, 5.74) is 2.14. The van der Waals surface area contributed by atoms with Gasteiger partial charge in [0.1, 0.15) is 11.9 Å². The van der Waals surface area contributed by atoms with Gasteiger partial charge in [0.15, 0.2) is 0 Å². The van der Waals surface area contributed by atoms with Crippen LogP contribution in [0.25, 0.3) is 0 Å². The summed E-state index contributed by atoms with van der Waals surface area (Å²) in [5, 5.41) is 3.00. The molecular formula is C15H21NO3. The number of ether oxygens (including phenoxy) is 2. The number of aryl methyl sites for hydroxylation is 1. The smallest absolute Gasteiger partial charge is 0.249 e. The van der Waals surface area contributed by atoms with Gasteiger partial charge >= 0.3 is 0 Å². The van der Waals surface area contributed by atoms with Crippen molar-refractivity contribution in [1.82, 2.24) is 5.32 Å². The minimum absolute atomic E-state index is 0.0337. The van der Waals surface area contributed by atoms with Gasteiger partial charge in [-0.1, -0.05) is 17.7 Å².